The van der Waals surface area contributed by atoms with E-state index in [-0.39, 0.29) is 5.91 Å². The Hall–Kier alpha value is -2.27. The van der Waals surface area contributed by atoms with E-state index in [1.807, 2.05) is 38.1 Å². The first-order valence-electron chi connectivity index (χ1n) is 7.18. The normalized spacial score (nSPS) is 10.2. The van der Waals surface area contributed by atoms with Crippen LogP contribution in [0.15, 0.2) is 47.4 Å². The van der Waals surface area contributed by atoms with Gasteiger partial charge in [0.1, 0.15) is 0 Å². The van der Waals surface area contributed by atoms with Gasteiger partial charge in [-0.2, -0.15) is 0 Å². The highest BCUT2D eigenvalue weighted by molar-refractivity contribution is 8.00. The van der Waals surface area contributed by atoms with E-state index in [0.717, 1.165) is 16.0 Å². The predicted octanol–water partition coefficient (Wildman–Crippen LogP) is 3.82. The molecule has 1 N–H and O–H groups in total. The second-order valence-corrected chi connectivity index (χ2v) is 6.14. The van der Waals surface area contributed by atoms with Crippen LogP contribution in [0.5, 0.6) is 0 Å². The number of amides is 1. The van der Waals surface area contributed by atoms with Gasteiger partial charge in [0.15, 0.2) is 0 Å². The highest BCUT2D eigenvalue weighted by Crippen LogP contribution is 2.23. The standard InChI is InChI=1S/C18H19NO3S/c1-12-8-9-14(18(21)22-3)10-15(12)19-17(20)11-23-16-7-5-4-6-13(16)2/h4-10H,11H2,1-3H3,(H,19,20). The molecule has 0 aliphatic rings. The molecule has 5 heteroatoms. The van der Waals surface area contributed by atoms with Gasteiger partial charge < -0.3 is 10.1 Å². The van der Waals surface area contributed by atoms with Gasteiger partial charge in [0.05, 0.1) is 18.4 Å². The third-order valence-corrected chi connectivity index (χ3v) is 4.56. The van der Waals surface area contributed by atoms with Gasteiger partial charge >= 0.3 is 5.97 Å². The number of nitrogens with one attached hydrogen (secondary N) is 1. The molecule has 0 bridgehead atoms. The van der Waals surface area contributed by atoms with Crippen LogP contribution < -0.4 is 5.32 Å². The Morgan fingerprint density at radius 1 is 1.09 bits per heavy atom. The summed E-state index contributed by atoms with van der Waals surface area (Å²) in [6, 6.07) is 13.0. The minimum absolute atomic E-state index is 0.108. The molecular formula is C18H19NO3S. The molecule has 0 atom stereocenters. The summed E-state index contributed by atoms with van der Waals surface area (Å²) in [5, 5.41) is 2.85. The molecule has 120 valence electrons. The lowest BCUT2D eigenvalue weighted by Gasteiger charge is -2.10. The summed E-state index contributed by atoms with van der Waals surface area (Å²) in [6.07, 6.45) is 0. The van der Waals surface area contributed by atoms with E-state index in [9.17, 15) is 9.59 Å². The van der Waals surface area contributed by atoms with E-state index >= 15 is 0 Å². The first kappa shape index (κ1) is 17.1. The summed E-state index contributed by atoms with van der Waals surface area (Å²) < 4.78 is 4.70. The van der Waals surface area contributed by atoms with Crippen LogP contribution in [0.25, 0.3) is 0 Å². The Bertz CT molecular complexity index is 728. The minimum Gasteiger partial charge on any atom is -0.465 e. The second-order valence-electron chi connectivity index (χ2n) is 5.12. The van der Waals surface area contributed by atoms with Crippen LogP contribution in [0.1, 0.15) is 21.5 Å². The van der Waals surface area contributed by atoms with Crippen molar-refractivity contribution < 1.29 is 14.3 Å². The van der Waals surface area contributed by atoms with Crippen LogP contribution in [0, 0.1) is 13.8 Å². The van der Waals surface area contributed by atoms with E-state index < -0.39 is 5.97 Å². The summed E-state index contributed by atoms with van der Waals surface area (Å²) in [7, 11) is 1.33. The number of esters is 1. The molecule has 2 aromatic rings. The smallest absolute Gasteiger partial charge is 0.337 e. The van der Waals surface area contributed by atoms with Gasteiger partial charge in [0, 0.05) is 10.6 Å². The summed E-state index contributed by atoms with van der Waals surface area (Å²) in [6.45, 7) is 3.90. The number of thioether (sulfide) groups is 1. The quantitative estimate of drug-likeness (QED) is 0.669. The topological polar surface area (TPSA) is 55.4 Å². The van der Waals surface area contributed by atoms with Crippen LogP contribution in [0.4, 0.5) is 5.69 Å². The molecular weight excluding hydrogens is 310 g/mol. The number of anilines is 1. The van der Waals surface area contributed by atoms with Crippen LogP contribution >= 0.6 is 11.8 Å². The molecule has 4 nitrogen and oxygen atoms in total. The van der Waals surface area contributed by atoms with Crippen molar-refractivity contribution in [2.24, 2.45) is 0 Å². The minimum atomic E-state index is -0.421. The number of hydrogen-bond acceptors (Lipinski definition) is 4. The molecule has 0 aromatic heterocycles. The molecule has 23 heavy (non-hydrogen) atoms. The number of hydrogen-bond donors (Lipinski definition) is 1. The maximum Gasteiger partial charge on any atom is 0.337 e. The summed E-state index contributed by atoms with van der Waals surface area (Å²) in [4.78, 5) is 24.8. The van der Waals surface area contributed by atoms with Crippen molar-refractivity contribution in [3.8, 4) is 0 Å². The van der Waals surface area contributed by atoms with E-state index in [4.69, 9.17) is 4.74 Å². The Labute approximate surface area is 140 Å². The van der Waals surface area contributed by atoms with E-state index in [1.54, 1.807) is 18.2 Å². The van der Waals surface area contributed by atoms with Crippen LogP contribution in [-0.2, 0) is 9.53 Å². The Morgan fingerprint density at radius 2 is 1.83 bits per heavy atom. The molecule has 2 rings (SSSR count). The summed E-state index contributed by atoms with van der Waals surface area (Å²) in [5.41, 5.74) is 3.09. The average molecular weight is 329 g/mol. The van der Waals surface area contributed by atoms with Gasteiger partial charge in [-0.3, -0.25) is 4.79 Å². The zero-order valence-electron chi connectivity index (χ0n) is 13.4. The van der Waals surface area contributed by atoms with Crippen LogP contribution in [0.3, 0.4) is 0 Å². The molecule has 1 amide bonds. The SMILES string of the molecule is COC(=O)c1ccc(C)c(NC(=O)CSc2ccccc2C)c1. The zero-order valence-corrected chi connectivity index (χ0v) is 14.2. The van der Waals surface area contributed by atoms with Crippen molar-refractivity contribution in [1.29, 1.82) is 0 Å². The van der Waals surface area contributed by atoms with Crippen LogP contribution in [-0.4, -0.2) is 24.7 Å². The van der Waals surface area contributed by atoms with Gasteiger partial charge in [-0.1, -0.05) is 24.3 Å². The van der Waals surface area contributed by atoms with Crippen molar-refractivity contribution in [3.05, 3.63) is 59.2 Å². The molecule has 0 spiro atoms. The fraction of sp³-hybridized carbons (Fsp3) is 0.222. The van der Waals surface area contributed by atoms with E-state index in [0.29, 0.717) is 17.0 Å². The first-order valence-corrected chi connectivity index (χ1v) is 8.17. The fourth-order valence-corrected chi connectivity index (χ4v) is 2.88. The third-order valence-electron chi connectivity index (χ3n) is 3.39. The molecule has 0 fully saturated rings. The first-order chi connectivity index (χ1) is 11.0. The maximum atomic E-state index is 12.2. The lowest BCUT2D eigenvalue weighted by atomic mass is 10.1. The maximum absolute atomic E-state index is 12.2. The molecule has 0 saturated carbocycles. The zero-order chi connectivity index (χ0) is 16.8. The Morgan fingerprint density at radius 3 is 2.52 bits per heavy atom. The molecule has 0 radical (unpaired) electrons. The molecule has 0 aliphatic carbocycles. The molecule has 0 heterocycles. The fourth-order valence-electron chi connectivity index (χ4n) is 2.05. The van der Waals surface area contributed by atoms with Gasteiger partial charge in [-0.15, -0.1) is 11.8 Å². The van der Waals surface area contributed by atoms with E-state index in [2.05, 4.69) is 5.32 Å². The second kappa shape index (κ2) is 7.83. The molecule has 2 aromatic carbocycles. The van der Waals surface area contributed by atoms with Gasteiger partial charge in [-0.25, -0.2) is 4.79 Å². The summed E-state index contributed by atoms with van der Waals surface area (Å²) in [5.74, 6) is -0.217. The number of carbonyl (C=O) groups is 2. The van der Waals surface area contributed by atoms with Crippen molar-refractivity contribution in [2.45, 2.75) is 18.7 Å². The Balaban J connectivity index is 2.02. The van der Waals surface area contributed by atoms with Gasteiger partial charge in [0.2, 0.25) is 5.91 Å². The monoisotopic (exact) mass is 329 g/mol. The summed E-state index contributed by atoms with van der Waals surface area (Å²) >= 11 is 1.49. The number of carbonyl (C=O) groups excluding carboxylic acids is 2. The number of aryl methyl sites for hydroxylation is 2. The lowest BCUT2D eigenvalue weighted by Crippen LogP contribution is -2.15. The van der Waals surface area contributed by atoms with E-state index in [1.165, 1.54) is 18.9 Å². The number of methoxy groups -OCH3 is 1. The van der Waals surface area contributed by atoms with Crippen molar-refractivity contribution >= 4 is 29.3 Å². The lowest BCUT2D eigenvalue weighted by molar-refractivity contribution is -0.113. The molecule has 0 aliphatic heterocycles. The highest BCUT2D eigenvalue weighted by Gasteiger charge is 2.11. The number of benzene rings is 2. The van der Waals surface area contributed by atoms with Crippen LogP contribution in [0.2, 0.25) is 0 Å². The number of rotatable bonds is 5. The molecule has 0 unspecified atom stereocenters. The Kier molecular flexibility index (Phi) is 5.82. The number of ether oxygens (including phenoxy) is 1. The van der Waals surface area contributed by atoms with Gasteiger partial charge in [0.25, 0.3) is 0 Å². The predicted molar refractivity (Wildman–Crippen MR) is 93.1 cm³/mol. The third kappa shape index (κ3) is 4.60. The van der Waals surface area contributed by atoms with Crippen molar-refractivity contribution in [3.63, 3.8) is 0 Å². The molecule has 0 saturated heterocycles. The van der Waals surface area contributed by atoms with Gasteiger partial charge in [-0.05, 0) is 43.2 Å². The largest absolute Gasteiger partial charge is 0.465 e. The van der Waals surface area contributed by atoms with Crippen molar-refractivity contribution in [2.75, 3.05) is 18.2 Å². The average Bonchev–Trinajstić information content (AvgIpc) is 2.55. The highest BCUT2D eigenvalue weighted by atomic mass is 32.2. The van der Waals surface area contributed by atoms with Crippen molar-refractivity contribution in [1.82, 2.24) is 0 Å².